The van der Waals surface area contributed by atoms with E-state index < -0.39 is 0 Å². The molecule has 8 nitrogen and oxygen atoms in total. The van der Waals surface area contributed by atoms with Crippen LogP contribution in [0.25, 0.3) is 10.9 Å². The van der Waals surface area contributed by atoms with E-state index in [1.807, 2.05) is 18.3 Å². The lowest BCUT2D eigenvalue weighted by Gasteiger charge is -2.42. The molecule has 1 spiro atoms. The van der Waals surface area contributed by atoms with Crippen molar-refractivity contribution in [2.75, 3.05) is 31.7 Å². The summed E-state index contributed by atoms with van der Waals surface area (Å²) in [6.45, 7) is 2.77. The van der Waals surface area contributed by atoms with Crippen molar-refractivity contribution in [3.8, 4) is 0 Å². The van der Waals surface area contributed by atoms with Crippen LogP contribution in [-0.4, -0.2) is 52.4 Å². The topological polar surface area (TPSA) is 99.2 Å². The van der Waals surface area contributed by atoms with E-state index in [4.69, 9.17) is 22.1 Å². The molecule has 2 N–H and O–H groups in total. The zero-order valence-electron chi connectivity index (χ0n) is 19.2. The summed E-state index contributed by atoms with van der Waals surface area (Å²) in [5.41, 5.74) is 7.13. The molecule has 3 aromatic rings. The second-order valence-electron chi connectivity index (χ2n) is 9.17. The molecule has 1 atom stereocenters. The van der Waals surface area contributed by atoms with Crippen LogP contribution >= 0.6 is 23.4 Å². The summed E-state index contributed by atoms with van der Waals surface area (Å²) in [6, 6.07) is 4.02. The average molecular weight is 501 g/mol. The molecular formula is C24H29ClN6O2S. The fourth-order valence-corrected chi connectivity index (χ4v) is 6.34. The fourth-order valence-electron chi connectivity index (χ4n) is 5.22. The third kappa shape index (κ3) is 4.42. The van der Waals surface area contributed by atoms with Crippen LogP contribution in [0.5, 0.6) is 0 Å². The number of rotatable bonds is 6. The maximum atomic E-state index is 12.9. The first kappa shape index (κ1) is 23.5. The summed E-state index contributed by atoms with van der Waals surface area (Å²) >= 11 is 8.05. The van der Waals surface area contributed by atoms with Crippen LogP contribution in [0.4, 0.5) is 5.82 Å². The van der Waals surface area contributed by atoms with Crippen LogP contribution in [0.3, 0.4) is 0 Å². The predicted molar refractivity (Wildman–Crippen MR) is 135 cm³/mol. The van der Waals surface area contributed by atoms with Crippen molar-refractivity contribution in [3.05, 3.63) is 46.2 Å². The summed E-state index contributed by atoms with van der Waals surface area (Å²) < 4.78 is 6.60. The van der Waals surface area contributed by atoms with Crippen molar-refractivity contribution in [2.45, 2.75) is 54.6 Å². The number of piperidine rings is 1. The maximum Gasteiger partial charge on any atom is 0.262 e. The number of aromatic nitrogens is 4. The molecular weight excluding hydrogens is 472 g/mol. The van der Waals surface area contributed by atoms with Crippen LogP contribution in [0.15, 0.2) is 45.6 Å². The molecule has 0 unspecified atom stereocenters. The van der Waals surface area contributed by atoms with E-state index in [0.717, 1.165) is 48.1 Å². The molecule has 2 aromatic heterocycles. The van der Waals surface area contributed by atoms with E-state index in [1.165, 1.54) is 35.5 Å². The lowest BCUT2D eigenvalue weighted by atomic mass is 9.74. The first-order valence-corrected chi connectivity index (χ1v) is 12.9. The molecule has 1 aliphatic heterocycles. The molecule has 3 heterocycles. The zero-order chi connectivity index (χ0) is 23.7. The minimum Gasteiger partial charge on any atom is -0.383 e. The van der Waals surface area contributed by atoms with Gasteiger partial charge in [-0.05, 0) is 43.2 Å². The van der Waals surface area contributed by atoms with Gasteiger partial charge < -0.3 is 15.4 Å². The molecule has 1 aromatic carbocycles. The molecule has 0 bridgehead atoms. The summed E-state index contributed by atoms with van der Waals surface area (Å²) in [7, 11) is 1.60. The Bertz CT molecular complexity index is 1230. The quantitative estimate of drug-likeness (QED) is 0.546. The number of nitrogens with two attached hydrogens (primary N) is 1. The number of hydrogen-bond acceptors (Lipinski definition) is 8. The van der Waals surface area contributed by atoms with Gasteiger partial charge in [0, 0.05) is 31.1 Å². The molecule has 180 valence electrons. The highest BCUT2D eigenvalue weighted by Crippen LogP contribution is 2.46. The molecule has 1 aliphatic carbocycles. The van der Waals surface area contributed by atoms with Gasteiger partial charge in [-0.2, -0.15) is 0 Å². The number of fused-ring (bicyclic) bond motifs is 1. The van der Waals surface area contributed by atoms with Crippen LogP contribution < -0.4 is 16.2 Å². The van der Waals surface area contributed by atoms with Gasteiger partial charge in [0.25, 0.3) is 5.56 Å². The Labute approximate surface area is 207 Å². The number of nitrogens with zero attached hydrogens (tertiary/aromatic N) is 5. The zero-order valence-corrected chi connectivity index (χ0v) is 20.8. The monoisotopic (exact) mass is 500 g/mol. The van der Waals surface area contributed by atoms with Gasteiger partial charge in [-0.15, -0.1) is 0 Å². The number of ether oxygens (including phenoxy) is 1. The van der Waals surface area contributed by atoms with Gasteiger partial charge in [0.1, 0.15) is 10.8 Å². The van der Waals surface area contributed by atoms with Crippen molar-refractivity contribution >= 4 is 40.1 Å². The highest BCUT2D eigenvalue weighted by Gasteiger charge is 2.43. The average Bonchev–Trinajstić information content (AvgIpc) is 3.20. The van der Waals surface area contributed by atoms with E-state index in [0.29, 0.717) is 40.5 Å². The van der Waals surface area contributed by atoms with Gasteiger partial charge in [0.15, 0.2) is 0 Å². The second-order valence-corrected chi connectivity index (χ2v) is 10.6. The Morgan fingerprint density at radius 2 is 2.03 bits per heavy atom. The summed E-state index contributed by atoms with van der Waals surface area (Å²) in [6.07, 6.45) is 11.0. The van der Waals surface area contributed by atoms with Crippen molar-refractivity contribution in [3.63, 3.8) is 0 Å². The van der Waals surface area contributed by atoms with Gasteiger partial charge in [0.2, 0.25) is 0 Å². The summed E-state index contributed by atoms with van der Waals surface area (Å²) in [4.78, 5) is 29.6. The van der Waals surface area contributed by atoms with Crippen molar-refractivity contribution in [1.82, 2.24) is 19.5 Å². The molecule has 10 heteroatoms. The van der Waals surface area contributed by atoms with Crippen LogP contribution in [-0.2, 0) is 11.3 Å². The minimum atomic E-state index is -0.180. The third-order valence-electron chi connectivity index (χ3n) is 7.32. The van der Waals surface area contributed by atoms with Gasteiger partial charge in [-0.3, -0.25) is 9.36 Å². The number of hydrogen-bond donors (Lipinski definition) is 1. The fraction of sp³-hybridized carbons (Fsp3) is 0.500. The minimum absolute atomic E-state index is 0.180. The van der Waals surface area contributed by atoms with Crippen molar-refractivity contribution < 1.29 is 4.74 Å². The van der Waals surface area contributed by atoms with E-state index in [2.05, 4.69) is 19.9 Å². The second kappa shape index (κ2) is 9.81. The van der Waals surface area contributed by atoms with Crippen LogP contribution in [0.1, 0.15) is 32.1 Å². The Hall–Kier alpha value is -2.20. The number of anilines is 1. The van der Waals surface area contributed by atoms with Crippen molar-refractivity contribution in [1.29, 1.82) is 0 Å². The Balaban J connectivity index is 1.31. The molecule has 0 amide bonds. The SMILES string of the molecule is COCCn1cnc2ccc(Sc3cnc(N4CCC5(CCC[C@H]5N)CC4)cn3)c(Cl)c2c1=O. The first-order valence-electron chi connectivity index (χ1n) is 11.7. The van der Waals surface area contributed by atoms with E-state index in [-0.39, 0.29) is 5.56 Å². The van der Waals surface area contributed by atoms with E-state index in [9.17, 15) is 4.79 Å². The summed E-state index contributed by atoms with van der Waals surface area (Å²) in [5.74, 6) is 0.889. The lowest BCUT2D eigenvalue weighted by Crippen LogP contribution is -2.47. The highest BCUT2D eigenvalue weighted by atomic mass is 35.5. The normalized spacial score (nSPS) is 19.9. The third-order valence-corrected chi connectivity index (χ3v) is 8.81. The molecule has 1 saturated carbocycles. The summed E-state index contributed by atoms with van der Waals surface area (Å²) in [5, 5.41) is 1.51. The van der Waals surface area contributed by atoms with E-state index in [1.54, 1.807) is 13.3 Å². The lowest BCUT2D eigenvalue weighted by molar-refractivity contribution is 0.186. The number of methoxy groups -OCH3 is 1. The van der Waals surface area contributed by atoms with Gasteiger partial charge >= 0.3 is 0 Å². The largest absolute Gasteiger partial charge is 0.383 e. The Morgan fingerprint density at radius 3 is 2.71 bits per heavy atom. The molecule has 5 rings (SSSR count). The molecule has 0 radical (unpaired) electrons. The Kier molecular flexibility index (Phi) is 6.79. The standard InChI is InChI=1S/C24H29ClN6O2S/c1-33-12-11-31-15-29-16-4-5-17(22(25)21(16)23(31)32)34-20-14-27-19(13-28-20)30-9-7-24(8-10-30)6-2-3-18(24)26/h4-5,13-15,18H,2-3,6-12,26H2,1H3/t18-/m1/s1. The molecule has 2 aliphatic rings. The van der Waals surface area contributed by atoms with Crippen LogP contribution in [0, 0.1) is 5.41 Å². The smallest absolute Gasteiger partial charge is 0.262 e. The molecule has 2 fully saturated rings. The highest BCUT2D eigenvalue weighted by molar-refractivity contribution is 7.99. The van der Waals surface area contributed by atoms with Crippen LogP contribution in [0.2, 0.25) is 5.02 Å². The number of halogens is 1. The van der Waals surface area contributed by atoms with Gasteiger partial charge in [-0.1, -0.05) is 29.8 Å². The van der Waals surface area contributed by atoms with Gasteiger partial charge in [0.05, 0.1) is 47.8 Å². The Morgan fingerprint density at radius 1 is 1.21 bits per heavy atom. The first-order chi connectivity index (χ1) is 16.5. The predicted octanol–water partition coefficient (Wildman–Crippen LogP) is 3.74. The van der Waals surface area contributed by atoms with Gasteiger partial charge in [-0.25, -0.2) is 15.0 Å². The van der Waals surface area contributed by atoms with Crippen molar-refractivity contribution in [2.24, 2.45) is 11.1 Å². The maximum absolute atomic E-state index is 12.9. The number of benzene rings is 1. The molecule has 1 saturated heterocycles. The molecule has 34 heavy (non-hydrogen) atoms. The van der Waals surface area contributed by atoms with E-state index >= 15 is 0 Å².